The molecule has 0 bridgehead atoms. The summed E-state index contributed by atoms with van der Waals surface area (Å²) in [6.45, 7) is 0.780. The van der Waals surface area contributed by atoms with Crippen molar-refractivity contribution < 1.29 is 9.18 Å². The highest BCUT2D eigenvalue weighted by atomic mass is 19.1. The average Bonchev–Trinajstić information content (AvgIpc) is 2.74. The van der Waals surface area contributed by atoms with Crippen LogP contribution >= 0.6 is 0 Å². The second-order valence-corrected chi connectivity index (χ2v) is 7.49. The third-order valence-electron chi connectivity index (χ3n) is 4.81. The minimum Gasteiger partial charge on any atom is -0.322 e. The van der Waals surface area contributed by atoms with Gasteiger partial charge < -0.3 is 10.2 Å². The van der Waals surface area contributed by atoms with Crippen molar-refractivity contribution in [3.63, 3.8) is 0 Å². The number of halogens is 1. The summed E-state index contributed by atoms with van der Waals surface area (Å²) >= 11 is 0. The maximum atomic E-state index is 13.1. The molecular formula is C25H22FN3O. The molecule has 0 saturated heterocycles. The van der Waals surface area contributed by atoms with Crippen molar-refractivity contribution in [3.8, 4) is 11.1 Å². The molecule has 150 valence electrons. The lowest BCUT2D eigenvalue weighted by molar-refractivity contribution is 0.102. The standard InChI is InChI=1S/C25H22FN3O/c1-29(2)16-23-12-9-20-15-22(13-14-24(20)27-23)28-25(30)19-5-3-17(4-6-19)18-7-10-21(26)11-8-18/h3-15H,16H2,1-2H3,(H,28,30). The first kappa shape index (κ1) is 19.7. The Morgan fingerprint density at radius 3 is 2.23 bits per heavy atom. The van der Waals surface area contributed by atoms with E-state index < -0.39 is 0 Å². The molecule has 30 heavy (non-hydrogen) atoms. The minimum absolute atomic E-state index is 0.183. The van der Waals surface area contributed by atoms with Gasteiger partial charge in [-0.15, -0.1) is 0 Å². The molecule has 0 atom stereocenters. The van der Waals surface area contributed by atoms with Crippen LogP contribution in [0.1, 0.15) is 16.1 Å². The minimum atomic E-state index is -0.269. The van der Waals surface area contributed by atoms with Gasteiger partial charge in [0.15, 0.2) is 0 Å². The molecule has 4 rings (SSSR count). The number of benzene rings is 3. The molecule has 1 N–H and O–H groups in total. The van der Waals surface area contributed by atoms with Crippen molar-refractivity contribution >= 4 is 22.5 Å². The van der Waals surface area contributed by atoms with Gasteiger partial charge >= 0.3 is 0 Å². The van der Waals surface area contributed by atoms with Crippen LogP contribution in [-0.4, -0.2) is 29.9 Å². The summed E-state index contributed by atoms with van der Waals surface area (Å²) in [5, 5.41) is 3.91. The van der Waals surface area contributed by atoms with E-state index >= 15 is 0 Å². The molecule has 0 aliphatic rings. The van der Waals surface area contributed by atoms with Crippen LogP contribution in [0.15, 0.2) is 78.9 Å². The van der Waals surface area contributed by atoms with Crippen molar-refractivity contribution in [2.45, 2.75) is 6.54 Å². The number of carbonyl (C=O) groups excluding carboxylic acids is 1. The van der Waals surface area contributed by atoms with Crippen molar-refractivity contribution in [3.05, 3.63) is 95.9 Å². The number of anilines is 1. The molecule has 4 nitrogen and oxygen atoms in total. The SMILES string of the molecule is CN(C)Cc1ccc2cc(NC(=O)c3ccc(-c4ccc(F)cc4)cc3)ccc2n1. The van der Waals surface area contributed by atoms with Crippen LogP contribution in [0.3, 0.4) is 0 Å². The molecule has 0 spiro atoms. The number of hydrogen-bond donors (Lipinski definition) is 1. The predicted octanol–water partition coefficient (Wildman–Crippen LogP) is 5.35. The summed E-state index contributed by atoms with van der Waals surface area (Å²) < 4.78 is 13.1. The van der Waals surface area contributed by atoms with E-state index in [2.05, 4.69) is 15.2 Å². The van der Waals surface area contributed by atoms with E-state index in [4.69, 9.17) is 0 Å². The van der Waals surface area contributed by atoms with Crippen LogP contribution in [-0.2, 0) is 6.54 Å². The van der Waals surface area contributed by atoms with Crippen LogP contribution in [0.5, 0.6) is 0 Å². The molecule has 0 aliphatic carbocycles. The highest BCUT2D eigenvalue weighted by molar-refractivity contribution is 6.05. The van der Waals surface area contributed by atoms with Crippen LogP contribution < -0.4 is 5.32 Å². The lowest BCUT2D eigenvalue weighted by atomic mass is 10.0. The summed E-state index contributed by atoms with van der Waals surface area (Å²) in [6.07, 6.45) is 0. The largest absolute Gasteiger partial charge is 0.322 e. The van der Waals surface area contributed by atoms with Gasteiger partial charge in [0.1, 0.15) is 5.82 Å². The summed E-state index contributed by atoms with van der Waals surface area (Å²) in [7, 11) is 4.02. The van der Waals surface area contributed by atoms with Crippen LogP contribution in [0.4, 0.5) is 10.1 Å². The number of fused-ring (bicyclic) bond motifs is 1. The summed E-state index contributed by atoms with van der Waals surface area (Å²) in [5.41, 5.74) is 5.01. The molecule has 5 heteroatoms. The Hall–Kier alpha value is -3.57. The smallest absolute Gasteiger partial charge is 0.255 e. The van der Waals surface area contributed by atoms with Gasteiger partial charge in [0, 0.05) is 23.2 Å². The fourth-order valence-electron chi connectivity index (χ4n) is 3.32. The fourth-order valence-corrected chi connectivity index (χ4v) is 3.32. The third kappa shape index (κ3) is 4.53. The van der Waals surface area contributed by atoms with E-state index in [1.165, 1.54) is 12.1 Å². The molecule has 0 radical (unpaired) electrons. The van der Waals surface area contributed by atoms with Gasteiger partial charge in [0.2, 0.25) is 0 Å². The van der Waals surface area contributed by atoms with Gasteiger partial charge in [0.25, 0.3) is 5.91 Å². The van der Waals surface area contributed by atoms with E-state index in [9.17, 15) is 9.18 Å². The zero-order valence-electron chi connectivity index (χ0n) is 16.9. The van der Waals surface area contributed by atoms with Gasteiger partial charge in [-0.1, -0.05) is 30.3 Å². The molecular weight excluding hydrogens is 377 g/mol. The molecule has 1 heterocycles. The second-order valence-electron chi connectivity index (χ2n) is 7.49. The fraction of sp³-hybridized carbons (Fsp3) is 0.120. The zero-order chi connectivity index (χ0) is 21.1. The van der Waals surface area contributed by atoms with Crippen molar-refractivity contribution in [1.82, 2.24) is 9.88 Å². The quantitative estimate of drug-likeness (QED) is 0.492. The molecule has 1 aromatic heterocycles. The lowest BCUT2D eigenvalue weighted by Gasteiger charge is -2.10. The Morgan fingerprint density at radius 2 is 1.57 bits per heavy atom. The van der Waals surface area contributed by atoms with E-state index in [1.807, 2.05) is 56.6 Å². The number of hydrogen-bond acceptors (Lipinski definition) is 3. The predicted molar refractivity (Wildman–Crippen MR) is 119 cm³/mol. The maximum Gasteiger partial charge on any atom is 0.255 e. The highest BCUT2D eigenvalue weighted by Gasteiger charge is 2.08. The number of pyridine rings is 1. The van der Waals surface area contributed by atoms with E-state index in [0.29, 0.717) is 5.56 Å². The maximum absolute atomic E-state index is 13.1. The molecule has 4 aromatic rings. The van der Waals surface area contributed by atoms with E-state index in [0.717, 1.165) is 40.0 Å². The number of nitrogens with zero attached hydrogens (tertiary/aromatic N) is 2. The molecule has 0 saturated carbocycles. The second kappa shape index (κ2) is 8.43. The molecule has 0 unspecified atom stereocenters. The van der Waals surface area contributed by atoms with Crippen molar-refractivity contribution in [2.24, 2.45) is 0 Å². The number of aromatic nitrogens is 1. The molecule has 1 amide bonds. The van der Waals surface area contributed by atoms with Crippen molar-refractivity contribution in [2.75, 3.05) is 19.4 Å². The van der Waals surface area contributed by atoms with Gasteiger partial charge in [-0.3, -0.25) is 9.78 Å². The first-order valence-corrected chi connectivity index (χ1v) is 9.70. The summed E-state index contributed by atoms with van der Waals surface area (Å²) in [6, 6.07) is 23.3. The lowest BCUT2D eigenvalue weighted by Crippen LogP contribution is -2.12. The molecule has 0 fully saturated rings. The van der Waals surface area contributed by atoms with Crippen LogP contribution in [0.25, 0.3) is 22.0 Å². The van der Waals surface area contributed by atoms with Crippen LogP contribution in [0.2, 0.25) is 0 Å². The number of rotatable bonds is 5. The Kier molecular flexibility index (Phi) is 5.55. The Bertz CT molecular complexity index is 1190. The van der Waals surface area contributed by atoms with E-state index in [1.54, 1.807) is 24.3 Å². The first-order valence-electron chi connectivity index (χ1n) is 9.70. The molecule has 0 aliphatic heterocycles. The normalized spacial score (nSPS) is 11.1. The summed E-state index contributed by atoms with van der Waals surface area (Å²) in [4.78, 5) is 19.4. The zero-order valence-corrected chi connectivity index (χ0v) is 16.9. The Labute approximate surface area is 175 Å². The Morgan fingerprint density at radius 1 is 0.900 bits per heavy atom. The van der Waals surface area contributed by atoms with E-state index in [-0.39, 0.29) is 11.7 Å². The monoisotopic (exact) mass is 399 g/mol. The number of carbonyl (C=O) groups is 1. The van der Waals surface area contributed by atoms with Gasteiger partial charge in [-0.05, 0) is 73.8 Å². The van der Waals surface area contributed by atoms with Crippen molar-refractivity contribution in [1.29, 1.82) is 0 Å². The Balaban J connectivity index is 1.49. The van der Waals surface area contributed by atoms with Gasteiger partial charge in [-0.25, -0.2) is 4.39 Å². The number of nitrogens with one attached hydrogen (secondary N) is 1. The topological polar surface area (TPSA) is 45.2 Å². The van der Waals surface area contributed by atoms with Gasteiger partial charge in [-0.2, -0.15) is 0 Å². The molecule has 3 aromatic carbocycles. The van der Waals surface area contributed by atoms with Gasteiger partial charge in [0.05, 0.1) is 11.2 Å². The third-order valence-corrected chi connectivity index (χ3v) is 4.81. The average molecular weight is 399 g/mol. The summed E-state index contributed by atoms with van der Waals surface area (Å²) in [5.74, 6) is -0.452. The first-order chi connectivity index (χ1) is 14.5. The number of amides is 1. The van der Waals surface area contributed by atoms with Crippen LogP contribution in [0, 0.1) is 5.82 Å². The highest BCUT2D eigenvalue weighted by Crippen LogP contribution is 2.22.